The van der Waals surface area contributed by atoms with Crippen LogP contribution >= 0.6 is 11.6 Å². The van der Waals surface area contributed by atoms with Crippen LogP contribution in [0.4, 0.5) is 0 Å². The maximum Gasteiger partial charge on any atom is 0.312 e. The molecule has 6 nitrogen and oxygen atoms in total. The lowest BCUT2D eigenvalue weighted by molar-refractivity contribution is -0.147. The fraction of sp³-hybridized carbons (Fsp3) is 0.118. The highest BCUT2D eigenvalue weighted by molar-refractivity contribution is 6.30. The summed E-state index contributed by atoms with van der Waals surface area (Å²) in [5.74, 6) is -5.14. The molecule has 4 N–H and O–H groups in total. The first kappa shape index (κ1) is 26.4. The van der Waals surface area contributed by atoms with Crippen LogP contribution in [0, 0.1) is 13.8 Å². The van der Waals surface area contributed by atoms with Gasteiger partial charge in [0.25, 0.3) is 0 Å². The highest BCUT2D eigenvalue weighted by Crippen LogP contribution is 2.43. The number of aromatic amines is 2. The van der Waals surface area contributed by atoms with Gasteiger partial charge in [0.15, 0.2) is 0 Å². The molecule has 2 unspecified atom stereocenters. The molecular formula is C34H27ClN2O4. The molecule has 6 rings (SSSR count). The van der Waals surface area contributed by atoms with E-state index in [0.29, 0.717) is 27.2 Å². The molecule has 0 fully saturated rings. The van der Waals surface area contributed by atoms with Crippen molar-refractivity contribution >= 4 is 45.3 Å². The standard InChI is InChI=1S/C34H27ClN2O4/c1-18-27(20-8-4-3-5-9-20)23-10-6-12-25(31(23)36-18)29(33(38)39)30(34(40)41)26-13-7-11-24-28(19(2)37-32(24)26)21-14-16-22(35)17-15-21/h3-17,29-30,36-37H,1-2H3,(H,38,39)(H,40,41). The van der Waals surface area contributed by atoms with Crippen LogP contribution < -0.4 is 0 Å². The molecule has 0 aliphatic carbocycles. The van der Waals surface area contributed by atoms with E-state index in [1.165, 1.54) is 0 Å². The lowest BCUT2D eigenvalue weighted by Crippen LogP contribution is -2.27. The van der Waals surface area contributed by atoms with Crippen molar-refractivity contribution in [3.63, 3.8) is 0 Å². The molecule has 0 aliphatic heterocycles. The lowest BCUT2D eigenvalue weighted by atomic mass is 9.79. The molecule has 2 aromatic heterocycles. The number of rotatable bonds is 7. The zero-order valence-electron chi connectivity index (χ0n) is 22.4. The zero-order valence-corrected chi connectivity index (χ0v) is 23.2. The minimum atomic E-state index is -1.36. The molecule has 0 saturated heterocycles. The van der Waals surface area contributed by atoms with Crippen molar-refractivity contribution in [1.82, 2.24) is 9.97 Å². The fourth-order valence-electron chi connectivity index (χ4n) is 6.13. The van der Waals surface area contributed by atoms with E-state index in [2.05, 4.69) is 9.97 Å². The maximum atomic E-state index is 13.0. The fourth-order valence-corrected chi connectivity index (χ4v) is 6.26. The Hall–Kier alpha value is -4.81. The van der Waals surface area contributed by atoms with E-state index in [9.17, 15) is 19.8 Å². The number of carbonyl (C=O) groups is 2. The van der Waals surface area contributed by atoms with Crippen molar-refractivity contribution < 1.29 is 19.8 Å². The summed E-state index contributed by atoms with van der Waals surface area (Å²) in [6.07, 6.45) is 0. The number of nitrogens with one attached hydrogen (secondary N) is 2. The van der Waals surface area contributed by atoms with E-state index in [1.54, 1.807) is 24.3 Å². The number of carboxylic acid groups (broad SMARTS) is 2. The van der Waals surface area contributed by atoms with Crippen molar-refractivity contribution in [2.24, 2.45) is 0 Å². The highest BCUT2D eigenvalue weighted by atomic mass is 35.5. The quantitative estimate of drug-likeness (QED) is 0.157. The van der Waals surface area contributed by atoms with Gasteiger partial charge in [-0.3, -0.25) is 9.59 Å². The largest absolute Gasteiger partial charge is 0.481 e. The Kier molecular flexibility index (Phi) is 6.64. The number of fused-ring (bicyclic) bond motifs is 2. The van der Waals surface area contributed by atoms with E-state index in [0.717, 1.165) is 44.4 Å². The lowest BCUT2D eigenvalue weighted by Gasteiger charge is -2.22. The van der Waals surface area contributed by atoms with Crippen LogP contribution in [0.2, 0.25) is 5.02 Å². The number of aromatic nitrogens is 2. The van der Waals surface area contributed by atoms with E-state index in [-0.39, 0.29) is 0 Å². The Morgan fingerprint density at radius 1 is 0.610 bits per heavy atom. The zero-order chi connectivity index (χ0) is 28.8. The van der Waals surface area contributed by atoms with Gasteiger partial charge >= 0.3 is 11.9 Å². The van der Waals surface area contributed by atoms with Crippen molar-refractivity contribution in [2.75, 3.05) is 0 Å². The summed E-state index contributed by atoms with van der Waals surface area (Å²) in [5.41, 5.74) is 7.60. The average molecular weight is 563 g/mol. The van der Waals surface area contributed by atoms with Gasteiger partial charge in [-0.05, 0) is 48.2 Å². The molecule has 2 heterocycles. The molecule has 0 radical (unpaired) electrons. The summed E-state index contributed by atoms with van der Waals surface area (Å²) < 4.78 is 0. The number of benzene rings is 4. The molecule has 7 heteroatoms. The molecule has 41 heavy (non-hydrogen) atoms. The Bertz CT molecular complexity index is 1940. The van der Waals surface area contributed by atoms with E-state index >= 15 is 0 Å². The van der Waals surface area contributed by atoms with Gasteiger partial charge in [-0.15, -0.1) is 0 Å². The Labute approximate surface area is 241 Å². The highest BCUT2D eigenvalue weighted by Gasteiger charge is 2.39. The van der Waals surface area contributed by atoms with Crippen molar-refractivity contribution in [1.29, 1.82) is 0 Å². The molecule has 0 spiro atoms. The third-order valence-corrected chi connectivity index (χ3v) is 8.09. The molecule has 2 atom stereocenters. The molecular weight excluding hydrogens is 536 g/mol. The number of aliphatic carboxylic acids is 2. The van der Waals surface area contributed by atoms with Crippen LogP contribution in [0.15, 0.2) is 91.0 Å². The van der Waals surface area contributed by atoms with Crippen molar-refractivity contribution in [3.8, 4) is 22.3 Å². The Balaban J connectivity index is 1.56. The molecule has 6 aromatic rings. The van der Waals surface area contributed by atoms with Gasteiger partial charge in [-0.1, -0.05) is 90.5 Å². The molecule has 0 bridgehead atoms. The number of H-pyrrole nitrogens is 2. The number of para-hydroxylation sites is 2. The van der Waals surface area contributed by atoms with Crippen molar-refractivity contribution in [2.45, 2.75) is 25.7 Å². The minimum Gasteiger partial charge on any atom is -0.481 e. The number of hydrogen-bond donors (Lipinski definition) is 4. The average Bonchev–Trinajstić information content (AvgIpc) is 3.48. The summed E-state index contributed by atoms with van der Waals surface area (Å²) >= 11 is 6.11. The summed E-state index contributed by atoms with van der Waals surface area (Å²) in [4.78, 5) is 32.7. The number of aryl methyl sites for hydroxylation is 2. The van der Waals surface area contributed by atoms with Crippen LogP contribution in [0.25, 0.3) is 44.1 Å². The van der Waals surface area contributed by atoms with Crippen LogP contribution in [-0.4, -0.2) is 32.1 Å². The van der Waals surface area contributed by atoms with Gasteiger partial charge in [0.05, 0.1) is 11.0 Å². The molecule has 0 saturated carbocycles. The van der Waals surface area contributed by atoms with Gasteiger partial charge in [0.1, 0.15) is 11.8 Å². The molecule has 0 amide bonds. The van der Waals surface area contributed by atoms with E-state index < -0.39 is 23.8 Å². The smallest absolute Gasteiger partial charge is 0.312 e. The topological polar surface area (TPSA) is 106 Å². The number of halogens is 1. The Morgan fingerprint density at radius 3 is 1.49 bits per heavy atom. The molecule has 4 aromatic carbocycles. The van der Waals surface area contributed by atoms with Gasteiger partial charge in [0.2, 0.25) is 0 Å². The van der Waals surface area contributed by atoms with Gasteiger partial charge in [-0.2, -0.15) is 0 Å². The number of carboxylic acids is 2. The monoisotopic (exact) mass is 562 g/mol. The van der Waals surface area contributed by atoms with Crippen LogP contribution in [-0.2, 0) is 9.59 Å². The molecule has 204 valence electrons. The maximum absolute atomic E-state index is 13.0. The SMILES string of the molecule is Cc1[nH]c2c(C(C(=O)O)C(C(=O)O)c3cccc4c(-c5ccc(Cl)cc5)c(C)[nH]c34)cccc2c1-c1ccccc1. The first-order chi connectivity index (χ1) is 19.8. The van der Waals surface area contributed by atoms with Crippen LogP contribution in [0.1, 0.15) is 34.4 Å². The van der Waals surface area contributed by atoms with E-state index in [4.69, 9.17) is 11.6 Å². The summed E-state index contributed by atoms with van der Waals surface area (Å²) in [7, 11) is 0. The summed E-state index contributed by atoms with van der Waals surface area (Å²) in [6, 6.07) is 28.1. The second-order valence-corrected chi connectivity index (χ2v) is 10.7. The van der Waals surface area contributed by atoms with Gasteiger partial charge < -0.3 is 20.2 Å². The van der Waals surface area contributed by atoms with Crippen LogP contribution in [0.3, 0.4) is 0 Å². The Morgan fingerprint density at radius 2 is 1.05 bits per heavy atom. The third-order valence-electron chi connectivity index (χ3n) is 7.84. The van der Waals surface area contributed by atoms with Crippen LogP contribution in [0.5, 0.6) is 0 Å². The summed E-state index contributed by atoms with van der Waals surface area (Å²) in [5, 5.41) is 23.5. The van der Waals surface area contributed by atoms with Gasteiger partial charge in [-0.25, -0.2) is 0 Å². The number of hydrogen-bond acceptors (Lipinski definition) is 2. The van der Waals surface area contributed by atoms with E-state index in [1.807, 2.05) is 80.6 Å². The first-order valence-electron chi connectivity index (χ1n) is 13.3. The summed E-state index contributed by atoms with van der Waals surface area (Å²) in [6.45, 7) is 3.86. The predicted molar refractivity (Wildman–Crippen MR) is 163 cm³/mol. The normalized spacial score (nSPS) is 13.0. The van der Waals surface area contributed by atoms with Gasteiger partial charge in [0, 0.05) is 38.3 Å². The van der Waals surface area contributed by atoms with Crippen molar-refractivity contribution in [3.05, 3.63) is 119 Å². The minimum absolute atomic E-state index is 0.411. The first-order valence-corrected chi connectivity index (χ1v) is 13.6. The predicted octanol–water partition coefficient (Wildman–Crippen LogP) is 8.29. The molecule has 0 aliphatic rings. The third kappa shape index (κ3) is 4.46. The second-order valence-electron chi connectivity index (χ2n) is 10.3. The second kappa shape index (κ2) is 10.3.